The third-order valence-electron chi connectivity index (χ3n) is 2.69. The minimum Gasteiger partial charge on any atom is -0.339 e. The molecule has 1 heterocycles. The predicted octanol–water partition coefficient (Wildman–Crippen LogP) is 2.49. The summed E-state index contributed by atoms with van der Waals surface area (Å²) in [5.41, 5.74) is 0. The molecular formula is C11H23N3. The summed E-state index contributed by atoms with van der Waals surface area (Å²) in [6.45, 7) is 10.00. The van der Waals surface area contributed by atoms with Crippen molar-refractivity contribution in [1.82, 2.24) is 9.91 Å². The van der Waals surface area contributed by atoms with Gasteiger partial charge in [-0.1, -0.05) is 20.3 Å². The van der Waals surface area contributed by atoms with Gasteiger partial charge in [-0.2, -0.15) is 5.10 Å². The van der Waals surface area contributed by atoms with Crippen LogP contribution in [0.25, 0.3) is 0 Å². The van der Waals surface area contributed by atoms with Crippen LogP contribution in [0, 0.1) is 0 Å². The molecule has 0 bridgehead atoms. The van der Waals surface area contributed by atoms with Gasteiger partial charge in [0, 0.05) is 12.6 Å². The van der Waals surface area contributed by atoms with E-state index in [0.29, 0.717) is 12.2 Å². The van der Waals surface area contributed by atoms with Gasteiger partial charge in [-0.25, -0.2) is 0 Å². The zero-order valence-corrected chi connectivity index (χ0v) is 9.90. The number of hydrazone groups is 1. The van der Waals surface area contributed by atoms with E-state index in [4.69, 9.17) is 0 Å². The Morgan fingerprint density at radius 2 is 2.07 bits per heavy atom. The molecule has 0 N–H and O–H groups in total. The van der Waals surface area contributed by atoms with Crippen LogP contribution in [0.1, 0.15) is 47.0 Å². The lowest BCUT2D eigenvalue weighted by atomic mass is 10.2. The lowest BCUT2D eigenvalue weighted by molar-refractivity contribution is 0.0957. The van der Waals surface area contributed by atoms with Crippen molar-refractivity contribution in [1.29, 1.82) is 0 Å². The number of unbranched alkanes of at least 4 members (excludes halogenated alkanes) is 1. The Morgan fingerprint density at radius 1 is 1.36 bits per heavy atom. The predicted molar refractivity (Wildman–Crippen MR) is 61.2 cm³/mol. The van der Waals surface area contributed by atoms with Gasteiger partial charge in [0.15, 0.2) is 0 Å². The second-order valence-corrected chi connectivity index (χ2v) is 4.18. The maximum atomic E-state index is 4.46. The second-order valence-electron chi connectivity index (χ2n) is 4.18. The molecule has 3 nitrogen and oxygen atoms in total. The zero-order chi connectivity index (χ0) is 10.6. The van der Waals surface area contributed by atoms with Crippen LogP contribution in [0.4, 0.5) is 0 Å². The highest BCUT2D eigenvalue weighted by atomic mass is 15.6. The summed E-state index contributed by atoms with van der Waals surface area (Å²) in [6, 6.07) is 0.503. The van der Waals surface area contributed by atoms with Gasteiger partial charge < -0.3 is 4.90 Å². The summed E-state index contributed by atoms with van der Waals surface area (Å²) in [5, 5.41) is 6.66. The largest absolute Gasteiger partial charge is 0.339 e. The molecule has 14 heavy (non-hydrogen) atoms. The van der Waals surface area contributed by atoms with E-state index < -0.39 is 0 Å². The maximum absolute atomic E-state index is 4.46. The van der Waals surface area contributed by atoms with Crippen LogP contribution in [0.15, 0.2) is 5.10 Å². The number of rotatable bonds is 5. The fraction of sp³-hybridized carbons (Fsp3) is 0.909. The maximum Gasteiger partial charge on any atom is 0.119 e. The third kappa shape index (κ3) is 2.40. The van der Waals surface area contributed by atoms with Gasteiger partial charge in [0.05, 0.1) is 0 Å². The molecule has 0 saturated carbocycles. The molecular weight excluding hydrogens is 174 g/mol. The van der Waals surface area contributed by atoms with Crippen LogP contribution in [0.5, 0.6) is 0 Å². The highest BCUT2D eigenvalue weighted by molar-refractivity contribution is 5.57. The molecule has 1 aliphatic rings. The minimum absolute atomic E-state index is 0.488. The molecule has 1 unspecified atom stereocenters. The quantitative estimate of drug-likeness (QED) is 0.674. The Morgan fingerprint density at radius 3 is 2.57 bits per heavy atom. The Kier molecular flexibility index (Phi) is 4.23. The highest BCUT2D eigenvalue weighted by Crippen LogP contribution is 2.18. The normalized spacial score (nSPS) is 21.4. The molecule has 0 aromatic carbocycles. The van der Waals surface area contributed by atoms with Crippen molar-refractivity contribution in [3.05, 3.63) is 0 Å². The van der Waals surface area contributed by atoms with Crippen molar-refractivity contribution < 1.29 is 0 Å². The van der Waals surface area contributed by atoms with Crippen molar-refractivity contribution in [3.63, 3.8) is 0 Å². The molecule has 0 aromatic rings. The Bertz CT molecular complexity index is 189. The standard InChI is InChI=1S/C11H23N3/c1-5-7-8-13-9-12-14(10(3)4)11(13)6-2/h9-11H,5-8H2,1-4H3. The fourth-order valence-electron chi connectivity index (χ4n) is 1.88. The van der Waals surface area contributed by atoms with E-state index in [9.17, 15) is 0 Å². The van der Waals surface area contributed by atoms with Crippen LogP contribution >= 0.6 is 0 Å². The molecule has 0 aliphatic carbocycles. The number of nitrogens with zero attached hydrogens (tertiary/aromatic N) is 3. The second kappa shape index (κ2) is 5.23. The average Bonchev–Trinajstić information content (AvgIpc) is 2.57. The molecule has 0 radical (unpaired) electrons. The Hall–Kier alpha value is -0.730. The number of hydrogen-bond acceptors (Lipinski definition) is 3. The van der Waals surface area contributed by atoms with Crippen molar-refractivity contribution in [2.75, 3.05) is 6.54 Å². The summed E-state index contributed by atoms with van der Waals surface area (Å²) in [6.07, 6.45) is 6.14. The van der Waals surface area contributed by atoms with E-state index in [1.165, 1.54) is 12.8 Å². The lowest BCUT2D eigenvalue weighted by Gasteiger charge is -2.32. The molecule has 1 rings (SSSR count). The van der Waals surface area contributed by atoms with E-state index >= 15 is 0 Å². The van der Waals surface area contributed by atoms with Crippen LogP contribution in [0.2, 0.25) is 0 Å². The van der Waals surface area contributed by atoms with E-state index in [-0.39, 0.29) is 0 Å². The summed E-state index contributed by atoms with van der Waals surface area (Å²) in [7, 11) is 0. The van der Waals surface area contributed by atoms with E-state index in [1.54, 1.807) is 0 Å². The monoisotopic (exact) mass is 197 g/mol. The molecule has 0 fully saturated rings. The summed E-state index contributed by atoms with van der Waals surface area (Å²) < 4.78 is 0. The summed E-state index contributed by atoms with van der Waals surface area (Å²) in [5.74, 6) is 0. The highest BCUT2D eigenvalue weighted by Gasteiger charge is 2.27. The first-order valence-electron chi connectivity index (χ1n) is 5.78. The SMILES string of the molecule is CCCCN1C=NN(C(C)C)C1CC. The summed E-state index contributed by atoms with van der Waals surface area (Å²) >= 11 is 0. The van der Waals surface area contributed by atoms with Crippen molar-refractivity contribution in [3.8, 4) is 0 Å². The molecule has 82 valence electrons. The molecule has 0 amide bonds. The smallest absolute Gasteiger partial charge is 0.119 e. The van der Waals surface area contributed by atoms with Crippen LogP contribution in [0.3, 0.4) is 0 Å². The first-order valence-corrected chi connectivity index (χ1v) is 5.78. The average molecular weight is 197 g/mol. The van der Waals surface area contributed by atoms with E-state index in [1.807, 2.05) is 6.34 Å². The van der Waals surface area contributed by atoms with Crippen molar-refractivity contribution in [2.24, 2.45) is 5.10 Å². The van der Waals surface area contributed by atoms with Gasteiger partial charge >= 0.3 is 0 Å². The summed E-state index contributed by atoms with van der Waals surface area (Å²) in [4.78, 5) is 2.36. The first kappa shape index (κ1) is 11.3. The molecule has 0 spiro atoms. The lowest BCUT2D eigenvalue weighted by Crippen LogP contribution is -2.42. The Labute approximate surface area is 87.8 Å². The Balaban J connectivity index is 2.51. The molecule has 1 atom stereocenters. The molecule has 0 saturated heterocycles. The van der Waals surface area contributed by atoms with Gasteiger partial charge in [-0.15, -0.1) is 0 Å². The van der Waals surface area contributed by atoms with Crippen LogP contribution in [-0.4, -0.2) is 35.0 Å². The number of hydrogen-bond donors (Lipinski definition) is 0. The van der Waals surface area contributed by atoms with Crippen molar-refractivity contribution in [2.45, 2.75) is 59.2 Å². The fourth-order valence-corrected chi connectivity index (χ4v) is 1.88. The van der Waals surface area contributed by atoms with Gasteiger partial charge in [0.1, 0.15) is 12.5 Å². The molecule has 0 aromatic heterocycles. The van der Waals surface area contributed by atoms with Gasteiger partial charge in [0.2, 0.25) is 0 Å². The van der Waals surface area contributed by atoms with Gasteiger partial charge in [-0.3, -0.25) is 5.01 Å². The van der Waals surface area contributed by atoms with Crippen molar-refractivity contribution >= 4 is 6.34 Å². The van der Waals surface area contributed by atoms with E-state index in [2.05, 4.69) is 42.7 Å². The van der Waals surface area contributed by atoms with Crippen LogP contribution < -0.4 is 0 Å². The molecule has 1 aliphatic heterocycles. The topological polar surface area (TPSA) is 18.8 Å². The first-order chi connectivity index (χ1) is 6.70. The van der Waals surface area contributed by atoms with E-state index in [0.717, 1.165) is 13.0 Å². The third-order valence-corrected chi connectivity index (χ3v) is 2.69. The van der Waals surface area contributed by atoms with Crippen LogP contribution in [-0.2, 0) is 0 Å². The zero-order valence-electron chi connectivity index (χ0n) is 9.90. The molecule has 3 heteroatoms. The van der Waals surface area contributed by atoms with Gasteiger partial charge in [-0.05, 0) is 26.7 Å². The minimum atomic E-state index is 0.488. The van der Waals surface area contributed by atoms with Gasteiger partial charge in [0.25, 0.3) is 0 Å².